The fraction of sp³-hybridized carbons (Fsp3) is 0.533. The highest BCUT2D eigenvalue weighted by Gasteiger charge is 2.43. The highest BCUT2D eigenvalue weighted by atomic mass is 16.6. The van der Waals surface area contributed by atoms with Crippen LogP contribution in [0.25, 0.3) is 0 Å². The van der Waals surface area contributed by atoms with Crippen LogP contribution in [0.1, 0.15) is 26.7 Å². The molecule has 19 heavy (non-hydrogen) atoms. The summed E-state index contributed by atoms with van der Waals surface area (Å²) in [5, 5.41) is 2.67. The number of hydrogen-bond donors (Lipinski definition) is 1. The van der Waals surface area contributed by atoms with Crippen LogP contribution in [-0.4, -0.2) is 36.7 Å². The van der Waals surface area contributed by atoms with Crippen LogP contribution in [0.4, 0.5) is 4.79 Å². The topological polar surface area (TPSA) is 41.6 Å². The molecule has 1 saturated heterocycles. The average Bonchev–Trinajstić information content (AvgIpc) is 2.44. The molecule has 0 aromatic heterocycles. The number of ether oxygens (including phenoxy) is 1. The van der Waals surface area contributed by atoms with Crippen molar-refractivity contribution in [3.63, 3.8) is 0 Å². The number of nitrogens with zero attached hydrogens (tertiary/aromatic N) is 1. The van der Waals surface area contributed by atoms with Gasteiger partial charge >= 0.3 is 6.09 Å². The van der Waals surface area contributed by atoms with Gasteiger partial charge in [-0.05, 0) is 13.1 Å². The van der Waals surface area contributed by atoms with E-state index in [1.807, 2.05) is 13.8 Å². The number of likely N-dealkylation sites (tertiary alicyclic amines) is 1. The second-order valence-electron chi connectivity index (χ2n) is 4.55. The molecule has 4 heteroatoms. The van der Waals surface area contributed by atoms with E-state index in [4.69, 9.17) is 4.74 Å². The molecule has 1 fully saturated rings. The molecular formula is C15H24N2O2. The van der Waals surface area contributed by atoms with Crippen LogP contribution in [-0.2, 0) is 4.74 Å². The standard InChI is InChI=1S/C13H18N2O2.C2H6/c1-4-10-11(5-2)14-12(16)17-13(10)6-8-15(3)9-7-13;1-2/h4-5H,1-2,6-9H2,3H3,(H,14,16);1-2H3. The van der Waals surface area contributed by atoms with Crippen LogP contribution in [0.5, 0.6) is 0 Å². The normalized spacial score (nSPS) is 21.9. The van der Waals surface area contributed by atoms with Gasteiger partial charge in [0.1, 0.15) is 5.60 Å². The molecule has 1 amide bonds. The minimum absolute atomic E-state index is 0.393. The molecule has 1 N–H and O–H groups in total. The van der Waals surface area contributed by atoms with Crippen LogP contribution < -0.4 is 5.32 Å². The molecule has 2 heterocycles. The Bertz CT molecular complexity index is 391. The molecular weight excluding hydrogens is 240 g/mol. The summed E-state index contributed by atoms with van der Waals surface area (Å²) >= 11 is 0. The zero-order valence-electron chi connectivity index (χ0n) is 12.2. The van der Waals surface area contributed by atoms with Gasteiger partial charge in [-0.1, -0.05) is 33.1 Å². The SMILES string of the molecule is C=CC1=C(C=C)C2(CCN(C)CC2)OC(=O)N1.CC. The second-order valence-corrected chi connectivity index (χ2v) is 4.55. The van der Waals surface area contributed by atoms with E-state index < -0.39 is 11.7 Å². The molecule has 0 aliphatic carbocycles. The minimum Gasteiger partial charge on any atom is -0.438 e. The molecule has 4 nitrogen and oxygen atoms in total. The van der Waals surface area contributed by atoms with Crippen LogP contribution in [0.3, 0.4) is 0 Å². The van der Waals surface area contributed by atoms with E-state index in [1.54, 1.807) is 12.2 Å². The van der Waals surface area contributed by atoms with Crippen molar-refractivity contribution in [2.24, 2.45) is 0 Å². The zero-order chi connectivity index (χ0) is 14.5. The van der Waals surface area contributed by atoms with Gasteiger partial charge in [0.05, 0.1) is 5.70 Å². The smallest absolute Gasteiger partial charge is 0.412 e. The Morgan fingerprint density at radius 1 is 1.26 bits per heavy atom. The third-order valence-electron chi connectivity index (χ3n) is 3.51. The van der Waals surface area contributed by atoms with Crippen molar-refractivity contribution < 1.29 is 9.53 Å². The Balaban J connectivity index is 0.000000861. The number of amides is 1. The number of rotatable bonds is 2. The highest BCUT2D eigenvalue weighted by molar-refractivity contribution is 5.74. The van der Waals surface area contributed by atoms with Gasteiger partial charge in [-0.15, -0.1) is 0 Å². The first-order valence-corrected chi connectivity index (χ1v) is 6.79. The lowest BCUT2D eigenvalue weighted by atomic mass is 9.82. The van der Waals surface area contributed by atoms with E-state index >= 15 is 0 Å². The van der Waals surface area contributed by atoms with Crippen LogP contribution in [0, 0.1) is 0 Å². The predicted octanol–water partition coefficient (Wildman–Crippen LogP) is 2.84. The first-order valence-electron chi connectivity index (χ1n) is 6.79. The summed E-state index contributed by atoms with van der Waals surface area (Å²) in [6, 6.07) is 0. The molecule has 0 unspecified atom stereocenters. The molecule has 0 atom stereocenters. The van der Waals surface area contributed by atoms with Gasteiger partial charge in [0.25, 0.3) is 0 Å². The molecule has 2 rings (SSSR count). The Kier molecular flexibility index (Phi) is 5.36. The van der Waals surface area contributed by atoms with Crippen molar-refractivity contribution in [1.29, 1.82) is 0 Å². The first kappa shape index (κ1) is 15.5. The number of alkyl carbamates (subject to hydrolysis) is 1. The fourth-order valence-electron chi connectivity index (χ4n) is 2.49. The molecule has 2 aliphatic rings. The van der Waals surface area contributed by atoms with E-state index in [1.165, 1.54) is 0 Å². The van der Waals surface area contributed by atoms with Crippen LogP contribution in [0.2, 0.25) is 0 Å². The van der Waals surface area contributed by atoms with Gasteiger partial charge in [0.15, 0.2) is 0 Å². The maximum absolute atomic E-state index is 11.6. The van der Waals surface area contributed by atoms with Crippen LogP contribution >= 0.6 is 0 Å². The van der Waals surface area contributed by atoms with Gasteiger partial charge in [-0.25, -0.2) is 4.79 Å². The number of nitrogens with one attached hydrogen (secondary N) is 1. The molecule has 2 aliphatic heterocycles. The van der Waals surface area contributed by atoms with Gasteiger partial charge in [-0.3, -0.25) is 5.32 Å². The van der Waals surface area contributed by atoms with Crippen molar-refractivity contribution in [1.82, 2.24) is 10.2 Å². The summed E-state index contributed by atoms with van der Waals surface area (Å²) in [5.74, 6) is 0. The van der Waals surface area contributed by atoms with E-state index in [9.17, 15) is 4.79 Å². The summed E-state index contributed by atoms with van der Waals surface area (Å²) in [6.07, 6.45) is 4.62. The molecule has 0 radical (unpaired) electrons. The number of hydrogen-bond acceptors (Lipinski definition) is 3. The van der Waals surface area contributed by atoms with Crippen molar-refractivity contribution in [3.8, 4) is 0 Å². The number of carbonyl (C=O) groups is 1. The third kappa shape index (κ3) is 3.07. The molecule has 1 spiro atoms. The van der Waals surface area contributed by atoms with Crippen molar-refractivity contribution in [3.05, 3.63) is 36.6 Å². The Labute approximate surface area is 115 Å². The van der Waals surface area contributed by atoms with Gasteiger partial charge < -0.3 is 9.64 Å². The van der Waals surface area contributed by atoms with Crippen LogP contribution in [0.15, 0.2) is 36.6 Å². The quantitative estimate of drug-likeness (QED) is 0.834. The van der Waals surface area contributed by atoms with Crippen molar-refractivity contribution in [2.45, 2.75) is 32.3 Å². The molecule has 0 saturated carbocycles. The number of allylic oxidation sites excluding steroid dienone is 1. The molecule has 0 aromatic carbocycles. The zero-order valence-corrected chi connectivity index (χ0v) is 12.2. The maximum Gasteiger partial charge on any atom is 0.412 e. The summed E-state index contributed by atoms with van der Waals surface area (Å²) in [7, 11) is 2.07. The summed E-state index contributed by atoms with van der Waals surface area (Å²) < 4.78 is 5.55. The summed E-state index contributed by atoms with van der Waals surface area (Å²) in [5.41, 5.74) is 1.15. The third-order valence-corrected chi connectivity index (χ3v) is 3.51. The lowest BCUT2D eigenvalue weighted by Gasteiger charge is -2.43. The summed E-state index contributed by atoms with van der Waals surface area (Å²) in [4.78, 5) is 13.8. The van der Waals surface area contributed by atoms with Crippen molar-refractivity contribution in [2.75, 3.05) is 20.1 Å². The van der Waals surface area contributed by atoms with E-state index in [0.717, 1.165) is 37.2 Å². The monoisotopic (exact) mass is 264 g/mol. The lowest BCUT2D eigenvalue weighted by Crippen LogP contribution is -2.52. The van der Waals surface area contributed by atoms with Gasteiger partial charge in [-0.2, -0.15) is 0 Å². The van der Waals surface area contributed by atoms with Gasteiger partial charge in [0.2, 0.25) is 0 Å². The molecule has 0 bridgehead atoms. The maximum atomic E-state index is 11.6. The molecule has 0 aromatic rings. The Hall–Kier alpha value is -1.55. The first-order chi connectivity index (χ1) is 9.11. The second kappa shape index (κ2) is 6.57. The van der Waals surface area contributed by atoms with Crippen molar-refractivity contribution >= 4 is 6.09 Å². The largest absolute Gasteiger partial charge is 0.438 e. The predicted molar refractivity (Wildman–Crippen MR) is 77.8 cm³/mol. The number of carbonyl (C=O) groups excluding carboxylic acids is 1. The average molecular weight is 264 g/mol. The lowest BCUT2D eigenvalue weighted by molar-refractivity contribution is -0.00812. The summed E-state index contributed by atoms with van der Waals surface area (Å²) in [6.45, 7) is 13.4. The van der Waals surface area contributed by atoms with E-state index in [0.29, 0.717) is 0 Å². The Morgan fingerprint density at radius 3 is 2.32 bits per heavy atom. The number of piperidine rings is 1. The van der Waals surface area contributed by atoms with E-state index in [-0.39, 0.29) is 0 Å². The Morgan fingerprint density at radius 2 is 1.84 bits per heavy atom. The fourth-order valence-corrected chi connectivity index (χ4v) is 2.49. The minimum atomic E-state index is -0.514. The van der Waals surface area contributed by atoms with Gasteiger partial charge in [0, 0.05) is 31.5 Å². The van der Waals surface area contributed by atoms with E-state index in [2.05, 4.69) is 30.4 Å². The highest BCUT2D eigenvalue weighted by Crippen LogP contribution is 2.37. The molecule has 106 valence electrons.